The number of hydrogen-bond acceptors (Lipinski definition) is 4. The summed E-state index contributed by atoms with van der Waals surface area (Å²) in [5.41, 5.74) is 0. The minimum absolute atomic E-state index is 0.134. The van der Waals surface area contributed by atoms with Crippen LogP contribution in [0.2, 0.25) is 0 Å². The fraction of sp³-hybridized carbons (Fsp3) is 0.984. The zero-order valence-corrected chi connectivity index (χ0v) is 47.5. The normalized spacial score (nSPS) is 13.1. The third-order valence-corrected chi connectivity index (χ3v) is 15.7. The molecule has 69 heavy (non-hydrogen) atoms. The molecule has 1 amide bonds. The first kappa shape index (κ1) is 68.4. The summed E-state index contributed by atoms with van der Waals surface area (Å²) in [6, 6.07) is -0.805. The van der Waals surface area contributed by atoms with E-state index in [9.17, 15) is 20.1 Å². The quantitative estimate of drug-likeness (QED) is 0.0457. The molecule has 0 radical (unpaired) electrons. The highest BCUT2D eigenvalue weighted by molar-refractivity contribution is 5.76. The van der Waals surface area contributed by atoms with E-state index in [0.29, 0.717) is 12.8 Å². The van der Waals surface area contributed by atoms with Crippen molar-refractivity contribution >= 4 is 5.91 Å². The third kappa shape index (κ3) is 54.9. The van der Waals surface area contributed by atoms with Gasteiger partial charge in [-0.15, -0.1) is 0 Å². The molecular formula is C64H129NO4. The predicted molar refractivity (Wildman–Crippen MR) is 306 cm³/mol. The number of amides is 1. The van der Waals surface area contributed by atoms with E-state index in [4.69, 9.17) is 0 Å². The standard InChI is InChI=1S/C64H129NO4/c1-3-5-7-9-11-13-15-17-19-21-23-25-27-29-30-31-32-33-34-35-37-39-41-43-45-47-49-51-53-55-57-59-63(68)65-61(60-66)64(69)62(67)58-56-54-52-50-48-46-44-42-40-38-36-28-26-24-22-20-18-16-14-12-10-8-6-4-2/h61-62,64,66-67,69H,3-60H2,1-2H3,(H,65,68). The maximum Gasteiger partial charge on any atom is 0.220 e. The highest BCUT2D eigenvalue weighted by Crippen LogP contribution is 2.20. The van der Waals surface area contributed by atoms with Crippen molar-refractivity contribution in [3.8, 4) is 0 Å². The highest BCUT2D eigenvalue weighted by atomic mass is 16.3. The summed E-state index contributed by atoms with van der Waals surface area (Å²) in [4.78, 5) is 12.6. The number of unbranched alkanes of at least 4 members (excludes halogenated alkanes) is 53. The molecule has 4 N–H and O–H groups in total. The molecular weight excluding hydrogens is 847 g/mol. The Kier molecular flexibility index (Phi) is 59.3. The first-order chi connectivity index (χ1) is 34.1. The van der Waals surface area contributed by atoms with Crippen LogP contribution in [0.15, 0.2) is 0 Å². The van der Waals surface area contributed by atoms with Gasteiger partial charge in [0, 0.05) is 6.42 Å². The Labute approximate surface area is 434 Å². The first-order valence-corrected chi connectivity index (χ1v) is 32.3. The van der Waals surface area contributed by atoms with Crippen LogP contribution in [0, 0.1) is 0 Å². The number of hydrogen-bond donors (Lipinski definition) is 4. The Bertz CT molecular complexity index is 944. The van der Waals surface area contributed by atoms with Crippen LogP contribution in [0.4, 0.5) is 0 Å². The van der Waals surface area contributed by atoms with Gasteiger partial charge in [-0.1, -0.05) is 361 Å². The summed E-state index contributed by atoms with van der Waals surface area (Å²) in [5.74, 6) is -0.134. The van der Waals surface area contributed by atoms with Gasteiger partial charge < -0.3 is 20.6 Å². The number of carbonyl (C=O) groups is 1. The van der Waals surface area contributed by atoms with Crippen LogP contribution in [0.5, 0.6) is 0 Å². The molecule has 0 aromatic rings. The van der Waals surface area contributed by atoms with Crippen LogP contribution < -0.4 is 5.32 Å². The second-order valence-corrected chi connectivity index (χ2v) is 22.7. The number of aliphatic hydroxyl groups excluding tert-OH is 3. The molecule has 0 saturated carbocycles. The average molecular weight is 977 g/mol. The number of aliphatic hydroxyl groups is 3. The van der Waals surface area contributed by atoms with Gasteiger partial charge in [-0.3, -0.25) is 4.79 Å². The van der Waals surface area contributed by atoms with Gasteiger partial charge in [-0.05, 0) is 12.8 Å². The molecule has 0 bridgehead atoms. The molecule has 0 saturated heterocycles. The van der Waals surface area contributed by atoms with E-state index in [1.54, 1.807) is 0 Å². The minimum atomic E-state index is -1.13. The van der Waals surface area contributed by atoms with E-state index in [0.717, 1.165) is 32.1 Å². The van der Waals surface area contributed by atoms with E-state index in [2.05, 4.69) is 19.2 Å². The Hall–Kier alpha value is -0.650. The largest absolute Gasteiger partial charge is 0.394 e. The second-order valence-electron chi connectivity index (χ2n) is 22.7. The van der Waals surface area contributed by atoms with Crippen molar-refractivity contribution in [2.45, 2.75) is 398 Å². The molecule has 0 spiro atoms. The molecule has 414 valence electrons. The van der Waals surface area contributed by atoms with Crippen molar-refractivity contribution in [1.29, 1.82) is 0 Å². The molecule has 3 atom stereocenters. The molecule has 0 aliphatic heterocycles. The lowest BCUT2D eigenvalue weighted by Gasteiger charge is -2.26. The zero-order chi connectivity index (χ0) is 50.0. The van der Waals surface area contributed by atoms with Gasteiger partial charge in [0.1, 0.15) is 6.10 Å². The summed E-state index contributed by atoms with van der Waals surface area (Å²) in [6.07, 6.45) is 74.4. The van der Waals surface area contributed by atoms with Crippen LogP contribution >= 0.6 is 0 Å². The van der Waals surface area contributed by atoms with Gasteiger partial charge in [0.25, 0.3) is 0 Å². The Morgan fingerprint density at radius 1 is 0.304 bits per heavy atom. The van der Waals surface area contributed by atoms with Gasteiger partial charge in [0.2, 0.25) is 5.91 Å². The molecule has 0 aliphatic rings. The van der Waals surface area contributed by atoms with Crippen LogP contribution in [0.3, 0.4) is 0 Å². The molecule has 0 fully saturated rings. The number of carbonyl (C=O) groups excluding carboxylic acids is 1. The zero-order valence-electron chi connectivity index (χ0n) is 47.5. The molecule has 5 heteroatoms. The molecule has 0 aromatic carbocycles. The highest BCUT2D eigenvalue weighted by Gasteiger charge is 2.26. The molecule has 5 nitrogen and oxygen atoms in total. The maximum absolute atomic E-state index is 12.6. The second kappa shape index (κ2) is 59.9. The lowest BCUT2D eigenvalue weighted by molar-refractivity contribution is -0.124. The van der Waals surface area contributed by atoms with Gasteiger partial charge >= 0.3 is 0 Å². The van der Waals surface area contributed by atoms with E-state index in [-0.39, 0.29) is 12.5 Å². The summed E-state index contributed by atoms with van der Waals surface area (Å²) in [7, 11) is 0. The van der Waals surface area contributed by atoms with Gasteiger partial charge in [-0.25, -0.2) is 0 Å². The maximum atomic E-state index is 12.6. The Morgan fingerprint density at radius 2 is 0.493 bits per heavy atom. The fourth-order valence-electron chi connectivity index (χ4n) is 10.8. The lowest BCUT2D eigenvalue weighted by atomic mass is 9.99. The molecule has 0 aliphatic carbocycles. The van der Waals surface area contributed by atoms with Crippen LogP contribution in [-0.4, -0.2) is 46.1 Å². The van der Waals surface area contributed by atoms with Crippen molar-refractivity contribution in [3.63, 3.8) is 0 Å². The van der Waals surface area contributed by atoms with Gasteiger partial charge in [0.15, 0.2) is 0 Å². The fourth-order valence-corrected chi connectivity index (χ4v) is 10.8. The van der Waals surface area contributed by atoms with Crippen LogP contribution in [-0.2, 0) is 4.79 Å². The molecule has 0 heterocycles. The average Bonchev–Trinajstić information content (AvgIpc) is 3.35. The molecule has 0 rings (SSSR count). The van der Waals surface area contributed by atoms with Crippen molar-refractivity contribution in [1.82, 2.24) is 5.32 Å². The summed E-state index contributed by atoms with van der Waals surface area (Å²) < 4.78 is 0. The van der Waals surface area contributed by atoms with Crippen molar-refractivity contribution < 1.29 is 20.1 Å². The van der Waals surface area contributed by atoms with Crippen LogP contribution in [0.25, 0.3) is 0 Å². The van der Waals surface area contributed by atoms with Crippen molar-refractivity contribution in [2.24, 2.45) is 0 Å². The van der Waals surface area contributed by atoms with Crippen LogP contribution in [0.1, 0.15) is 380 Å². The monoisotopic (exact) mass is 976 g/mol. The smallest absolute Gasteiger partial charge is 0.220 e. The minimum Gasteiger partial charge on any atom is -0.394 e. The number of nitrogens with one attached hydrogen (secondary N) is 1. The van der Waals surface area contributed by atoms with Gasteiger partial charge in [0.05, 0.1) is 18.8 Å². The summed E-state index contributed by atoms with van der Waals surface area (Å²) in [5, 5.41) is 33.9. The van der Waals surface area contributed by atoms with E-state index in [1.807, 2.05) is 0 Å². The molecule has 3 unspecified atom stereocenters. The van der Waals surface area contributed by atoms with E-state index < -0.39 is 18.2 Å². The van der Waals surface area contributed by atoms with E-state index >= 15 is 0 Å². The van der Waals surface area contributed by atoms with E-state index in [1.165, 1.54) is 321 Å². The Morgan fingerprint density at radius 3 is 0.696 bits per heavy atom. The molecule has 0 aromatic heterocycles. The van der Waals surface area contributed by atoms with Crippen molar-refractivity contribution in [2.75, 3.05) is 6.61 Å². The third-order valence-electron chi connectivity index (χ3n) is 15.7. The first-order valence-electron chi connectivity index (χ1n) is 32.3. The van der Waals surface area contributed by atoms with Crippen molar-refractivity contribution in [3.05, 3.63) is 0 Å². The summed E-state index contributed by atoms with van der Waals surface area (Å²) >= 11 is 0. The van der Waals surface area contributed by atoms with Gasteiger partial charge in [-0.2, -0.15) is 0 Å². The topological polar surface area (TPSA) is 89.8 Å². The summed E-state index contributed by atoms with van der Waals surface area (Å²) in [6.45, 7) is 4.24. The Balaban J connectivity index is 3.44. The lowest BCUT2D eigenvalue weighted by Crippen LogP contribution is -2.50. The predicted octanol–water partition coefficient (Wildman–Crippen LogP) is 20.5. The SMILES string of the molecule is CCCCCCCCCCCCCCCCCCCCCCCCCCCCCCCCCC(=O)NC(CO)C(O)C(O)CCCCCCCCCCCCCCCCCCCCCCCCCC. The number of rotatable bonds is 61.